The molecule has 3 atom stereocenters. The molecule has 1 saturated heterocycles. The monoisotopic (exact) mass is 319 g/mol. The van der Waals surface area contributed by atoms with Gasteiger partial charge < -0.3 is 20.6 Å². The van der Waals surface area contributed by atoms with E-state index in [1.54, 1.807) is 6.92 Å². The molecule has 2 amide bonds. The number of hydrogen-bond donors (Lipinski definition) is 3. The van der Waals surface area contributed by atoms with E-state index in [0.717, 1.165) is 24.7 Å². The molecule has 23 heavy (non-hydrogen) atoms. The van der Waals surface area contributed by atoms with E-state index in [2.05, 4.69) is 34.6 Å². The van der Waals surface area contributed by atoms with Crippen LogP contribution in [0.1, 0.15) is 33.6 Å². The highest BCUT2D eigenvalue weighted by Crippen LogP contribution is 2.24. The first-order chi connectivity index (χ1) is 10.9. The molecule has 1 aromatic rings. The van der Waals surface area contributed by atoms with Crippen molar-refractivity contribution in [2.24, 2.45) is 11.8 Å². The third kappa shape index (κ3) is 5.75. The third-order valence-electron chi connectivity index (χ3n) is 4.27. The first-order valence-corrected chi connectivity index (χ1v) is 8.52. The minimum atomic E-state index is -0.337. The SMILES string of the molecule is C[C@@H]1CCN(c2ccc(NC(=O)NC[C@H](C)C[C@H](C)O)cc2)C1. The number of nitrogens with one attached hydrogen (secondary N) is 2. The topological polar surface area (TPSA) is 64.6 Å². The third-order valence-corrected chi connectivity index (χ3v) is 4.27. The zero-order valence-corrected chi connectivity index (χ0v) is 14.4. The Labute approximate surface area is 139 Å². The summed E-state index contributed by atoms with van der Waals surface area (Å²) >= 11 is 0. The number of hydrogen-bond acceptors (Lipinski definition) is 3. The molecule has 2 rings (SSSR count). The van der Waals surface area contributed by atoms with Crippen molar-refractivity contribution < 1.29 is 9.90 Å². The van der Waals surface area contributed by atoms with Gasteiger partial charge in [0.15, 0.2) is 0 Å². The van der Waals surface area contributed by atoms with Crippen LogP contribution < -0.4 is 15.5 Å². The highest BCUT2D eigenvalue weighted by molar-refractivity contribution is 5.89. The Morgan fingerprint density at radius 1 is 1.35 bits per heavy atom. The van der Waals surface area contributed by atoms with E-state index in [1.165, 1.54) is 12.1 Å². The van der Waals surface area contributed by atoms with Crippen LogP contribution in [-0.2, 0) is 0 Å². The van der Waals surface area contributed by atoms with Gasteiger partial charge in [-0.15, -0.1) is 0 Å². The highest BCUT2D eigenvalue weighted by atomic mass is 16.3. The second kappa shape index (κ2) is 8.20. The number of aliphatic hydroxyl groups is 1. The molecule has 0 saturated carbocycles. The van der Waals surface area contributed by atoms with Crippen molar-refractivity contribution in [2.75, 3.05) is 29.9 Å². The number of carbonyl (C=O) groups excluding carboxylic acids is 1. The van der Waals surface area contributed by atoms with Gasteiger partial charge in [0.1, 0.15) is 0 Å². The first-order valence-electron chi connectivity index (χ1n) is 8.52. The number of carbonyl (C=O) groups is 1. The van der Waals surface area contributed by atoms with E-state index < -0.39 is 0 Å². The zero-order valence-electron chi connectivity index (χ0n) is 14.4. The second-order valence-electron chi connectivity index (χ2n) is 6.91. The van der Waals surface area contributed by atoms with Gasteiger partial charge in [-0.3, -0.25) is 0 Å². The van der Waals surface area contributed by atoms with Gasteiger partial charge in [0, 0.05) is 31.0 Å². The maximum atomic E-state index is 11.9. The zero-order chi connectivity index (χ0) is 16.8. The van der Waals surface area contributed by atoms with Crippen LogP contribution in [0.5, 0.6) is 0 Å². The summed E-state index contributed by atoms with van der Waals surface area (Å²) in [6.07, 6.45) is 1.59. The largest absolute Gasteiger partial charge is 0.393 e. The quantitative estimate of drug-likeness (QED) is 0.755. The van der Waals surface area contributed by atoms with E-state index in [-0.39, 0.29) is 18.1 Å². The summed E-state index contributed by atoms with van der Waals surface area (Å²) in [6.45, 7) is 8.82. The Morgan fingerprint density at radius 3 is 2.61 bits per heavy atom. The van der Waals surface area contributed by atoms with Crippen molar-refractivity contribution in [3.63, 3.8) is 0 Å². The highest BCUT2D eigenvalue weighted by Gasteiger charge is 2.18. The predicted molar refractivity (Wildman–Crippen MR) is 94.9 cm³/mol. The Hall–Kier alpha value is -1.75. The molecule has 1 aliphatic heterocycles. The van der Waals surface area contributed by atoms with Gasteiger partial charge in [-0.2, -0.15) is 0 Å². The fourth-order valence-electron chi connectivity index (χ4n) is 3.03. The van der Waals surface area contributed by atoms with Gasteiger partial charge in [-0.05, 0) is 55.9 Å². The Morgan fingerprint density at radius 2 is 2.04 bits per heavy atom. The number of nitrogens with zero attached hydrogens (tertiary/aromatic N) is 1. The maximum Gasteiger partial charge on any atom is 0.319 e. The summed E-state index contributed by atoms with van der Waals surface area (Å²) in [5, 5.41) is 15.0. The number of amides is 2. The standard InChI is InChI=1S/C18H29N3O2/c1-13-8-9-21(12-13)17-6-4-16(5-7-17)20-18(23)19-11-14(2)10-15(3)22/h4-7,13-15,22H,8-12H2,1-3H3,(H2,19,20,23)/t13-,14-,15+/m1/s1. The Balaban J connectivity index is 1.78. The predicted octanol–water partition coefficient (Wildman–Crippen LogP) is 3.06. The van der Waals surface area contributed by atoms with E-state index in [1.807, 2.05) is 19.1 Å². The molecule has 1 heterocycles. The average Bonchev–Trinajstić information content (AvgIpc) is 2.92. The molecule has 1 aliphatic rings. The fourth-order valence-corrected chi connectivity index (χ4v) is 3.03. The van der Waals surface area contributed by atoms with Gasteiger partial charge >= 0.3 is 6.03 Å². The van der Waals surface area contributed by atoms with Crippen LogP contribution in [0.25, 0.3) is 0 Å². The van der Waals surface area contributed by atoms with Crippen molar-refractivity contribution >= 4 is 17.4 Å². The van der Waals surface area contributed by atoms with Gasteiger partial charge in [-0.25, -0.2) is 4.79 Å². The smallest absolute Gasteiger partial charge is 0.319 e. The van der Waals surface area contributed by atoms with Gasteiger partial charge in [0.05, 0.1) is 6.10 Å². The summed E-state index contributed by atoms with van der Waals surface area (Å²) in [6, 6.07) is 7.80. The van der Waals surface area contributed by atoms with Gasteiger partial charge in [0.2, 0.25) is 0 Å². The van der Waals surface area contributed by atoms with Gasteiger partial charge in [-0.1, -0.05) is 13.8 Å². The number of urea groups is 1. The first kappa shape index (κ1) is 17.6. The van der Waals surface area contributed by atoms with Crippen LogP contribution in [0, 0.1) is 11.8 Å². The number of rotatable bonds is 6. The van der Waals surface area contributed by atoms with Crippen LogP contribution in [0.3, 0.4) is 0 Å². The lowest BCUT2D eigenvalue weighted by Crippen LogP contribution is -2.33. The van der Waals surface area contributed by atoms with Crippen LogP contribution in [-0.4, -0.2) is 36.9 Å². The van der Waals surface area contributed by atoms with Crippen LogP contribution in [0.4, 0.5) is 16.2 Å². The summed E-state index contributed by atoms with van der Waals surface area (Å²) in [4.78, 5) is 14.3. The minimum absolute atomic E-state index is 0.204. The molecule has 1 aromatic carbocycles. The molecule has 3 N–H and O–H groups in total. The lowest BCUT2D eigenvalue weighted by Gasteiger charge is -2.18. The molecule has 0 aliphatic carbocycles. The Bertz CT molecular complexity index is 501. The Kier molecular flexibility index (Phi) is 6.28. The van der Waals surface area contributed by atoms with Crippen LogP contribution >= 0.6 is 0 Å². The molecule has 128 valence electrons. The summed E-state index contributed by atoms with van der Waals surface area (Å²) in [7, 11) is 0. The summed E-state index contributed by atoms with van der Waals surface area (Å²) in [5.74, 6) is 1.00. The summed E-state index contributed by atoms with van der Waals surface area (Å²) in [5.41, 5.74) is 2.01. The maximum absolute atomic E-state index is 11.9. The van der Waals surface area contributed by atoms with E-state index >= 15 is 0 Å². The molecular weight excluding hydrogens is 290 g/mol. The molecule has 0 radical (unpaired) electrons. The van der Waals surface area contributed by atoms with Crippen LogP contribution in [0.2, 0.25) is 0 Å². The molecule has 1 fully saturated rings. The molecule has 0 bridgehead atoms. The molecule has 0 spiro atoms. The summed E-state index contributed by atoms with van der Waals surface area (Å²) < 4.78 is 0. The van der Waals surface area contributed by atoms with Crippen molar-refractivity contribution in [3.05, 3.63) is 24.3 Å². The molecule has 0 unspecified atom stereocenters. The lowest BCUT2D eigenvalue weighted by molar-refractivity contribution is 0.163. The van der Waals surface area contributed by atoms with Gasteiger partial charge in [0.25, 0.3) is 0 Å². The molecule has 0 aromatic heterocycles. The lowest BCUT2D eigenvalue weighted by atomic mass is 10.1. The average molecular weight is 319 g/mol. The normalized spacial score (nSPS) is 20.2. The molecule has 5 heteroatoms. The number of benzene rings is 1. The van der Waals surface area contributed by atoms with Crippen molar-refractivity contribution in [1.82, 2.24) is 5.32 Å². The van der Waals surface area contributed by atoms with Crippen molar-refractivity contribution in [1.29, 1.82) is 0 Å². The van der Waals surface area contributed by atoms with E-state index in [0.29, 0.717) is 13.0 Å². The molecular formula is C18H29N3O2. The minimum Gasteiger partial charge on any atom is -0.393 e. The van der Waals surface area contributed by atoms with Crippen molar-refractivity contribution in [2.45, 2.75) is 39.7 Å². The fraction of sp³-hybridized carbons (Fsp3) is 0.611. The van der Waals surface area contributed by atoms with E-state index in [4.69, 9.17) is 0 Å². The number of anilines is 2. The van der Waals surface area contributed by atoms with Crippen LogP contribution in [0.15, 0.2) is 24.3 Å². The van der Waals surface area contributed by atoms with E-state index in [9.17, 15) is 9.90 Å². The van der Waals surface area contributed by atoms with Crippen molar-refractivity contribution in [3.8, 4) is 0 Å². The number of aliphatic hydroxyl groups excluding tert-OH is 1. The second-order valence-corrected chi connectivity index (χ2v) is 6.91. The molecule has 5 nitrogen and oxygen atoms in total.